The molecule has 0 radical (unpaired) electrons. The molecule has 1 amide bonds. The highest BCUT2D eigenvalue weighted by Gasteiger charge is 2.25. The van der Waals surface area contributed by atoms with Crippen LogP contribution in [0.2, 0.25) is 0 Å². The Morgan fingerprint density at radius 2 is 2.03 bits per heavy atom. The molecule has 0 unspecified atom stereocenters. The number of nitrogens with one attached hydrogen (secondary N) is 2. The summed E-state index contributed by atoms with van der Waals surface area (Å²) in [5, 5.41) is 8.58. The van der Waals surface area contributed by atoms with Crippen molar-refractivity contribution in [3.8, 4) is 11.1 Å². The van der Waals surface area contributed by atoms with E-state index in [1.807, 2.05) is 30.7 Å². The number of carbonyl (C=O) groups is 1. The first-order valence-corrected chi connectivity index (χ1v) is 11.8. The summed E-state index contributed by atoms with van der Waals surface area (Å²) in [5.74, 6) is 1.36. The number of pyridine rings is 1. The lowest BCUT2D eigenvalue weighted by Gasteiger charge is -2.28. The van der Waals surface area contributed by atoms with Crippen LogP contribution in [-0.2, 0) is 4.74 Å². The van der Waals surface area contributed by atoms with Gasteiger partial charge in [0.1, 0.15) is 11.5 Å². The summed E-state index contributed by atoms with van der Waals surface area (Å²) in [4.78, 5) is 25.8. The van der Waals surface area contributed by atoms with Gasteiger partial charge in [-0.2, -0.15) is 5.10 Å². The van der Waals surface area contributed by atoms with Crippen LogP contribution >= 0.6 is 0 Å². The van der Waals surface area contributed by atoms with Gasteiger partial charge in [-0.05, 0) is 56.2 Å². The first kappa shape index (κ1) is 20.4. The summed E-state index contributed by atoms with van der Waals surface area (Å²) in [6, 6.07) is 4.21. The van der Waals surface area contributed by atoms with Crippen LogP contribution in [0, 0.1) is 0 Å². The van der Waals surface area contributed by atoms with E-state index in [2.05, 4.69) is 20.4 Å². The maximum atomic E-state index is 13.1. The lowest BCUT2D eigenvalue weighted by molar-refractivity contribution is 0.0599. The van der Waals surface area contributed by atoms with E-state index in [1.54, 1.807) is 17.8 Å². The summed E-state index contributed by atoms with van der Waals surface area (Å²) in [7, 11) is 1.76. The number of hydrogen-bond donors (Lipinski definition) is 2. The number of carbonyl (C=O) groups excluding carboxylic acids is 1. The van der Waals surface area contributed by atoms with Gasteiger partial charge in [0, 0.05) is 48.6 Å². The second-order valence-corrected chi connectivity index (χ2v) is 9.31. The van der Waals surface area contributed by atoms with Gasteiger partial charge >= 0.3 is 0 Å². The molecule has 2 aliphatic rings. The van der Waals surface area contributed by atoms with Crippen molar-refractivity contribution < 1.29 is 9.53 Å². The van der Waals surface area contributed by atoms with Crippen molar-refractivity contribution in [1.29, 1.82) is 0 Å². The largest absolute Gasteiger partial charge is 0.381 e. The van der Waals surface area contributed by atoms with Crippen molar-refractivity contribution in [3.05, 3.63) is 48.3 Å². The predicted octanol–water partition coefficient (Wildman–Crippen LogP) is 4.23. The Balaban J connectivity index is 1.27. The van der Waals surface area contributed by atoms with Crippen LogP contribution in [-0.4, -0.2) is 49.7 Å². The summed E-state index contributed by atoms with van der Waals surface area (Å²) in [5.41, 5.74) is 4.27. The molecular weight excluding hydrogens is 416 g/mol. The number of aromatic nitrogens is 5. The van der Waals surface area contributed by atoms with E-state index in [-0.39, 0.29) is 11.9 Å². The van der Waals surface area contributed by atoms with Gasteiger partial charge < -0.3 is 15.0 Å². The van der Waals surface area contributed by atoms with E-state index in [4.69, 9.17) is 9.72 Å². The number of fused-ring (bicyclic) bond motifs is 2. The van der Waals surface area contributed by atoms with E-state index in [0.717, 1.165) is 59.2 Å². The normalized spacial score (nSPS) is 21.4. The van der Waals surface area contributed by atoms with Crippen molar-refractivity contribution in [2.45, 2.75) is 63.0 Å². The first-order chi connectivity index (χ1) is 16.2. The van der Waals surface area contributed by atoms with Gasteiger partial charge in [-0.1, -0.05) is 6.42 Å². The maximum absolute atomic E-state index is 13.1. The number of ether oxygens (including phenoxy) is 1. The van der Waals surface area contributed by atoms with Gasteiger partial charge in [0.2, 0.25) is 0 Å². The molecule has 8 nitrogen and oxygen atoms in total. The molecule has 4 heterocycles. The predicted molar refractivity (Wildman–Crippen MR) is 125 cm³/mol. The molecule has 4 aromatic heterocycles. The van der Waals surface area contributed by atoms with E-state index in [0.29, 0.717) is 17.6 Å². The fraction of sp³-hybridized carbons (Fsp3) is 0.440. The Morgan fingerprint density at radius 3 is 2.79 bits per heavy atom. The minimum absolute atomic E-state index is 0.0737. The van der Waals surface area contributed by atoms with E-state index >= 15 is 0 Å². The van der Waals surface area contributed by atoms with Gasteiger partial charge in [0.05, 0.1) is 23.4 Å². The first-order valence-electron chi connectivity index (χ1n) is 11.8. The van der Waals surface area contributed by atoms with Crippen molar-refractivity contribution >= 4 is 22.5 Å². The quantitative estimate of drug-likeness (QED) is 0.480. The Morgan fingerprint density at radius 1 is 1.18 bits per heavy atom. The van der Waals surface area contributed by atoms with Crippen LogP contribution in [0.1, 0.15) is 67.0 Å². The summed E-state index contributed by atoms with van der Waals surface area (Å²) < 4.78 is 7.19. The number of aromatic amines is 1. The highest BCUT2D eigenvalue weighted by Crippen LogP contribution is 2.36. The van der Waals surface area contributed by atoms with Crippen LogP contribution in [0.3, 0.4) is 0 Å². The van der Waals surface area contributed by atoms with Crippen LogP contribution in [0.15, 0.2) is 36.9 Å². The van der Waals surface area contributed by atoms with Gasteiger partial charge in [0.15, 0.2) is 0 Å². The van der Waals surface area contributed by atoms with Gasteiger partial charge in [0.25, 0.3) is 5.91 Å². The number of hydrogen-bond acceptors (Lipinski definition) is 5. The number of H-pyrrole nitrogens is 1. The highest BCUT2D eigenvalue weighted by molar-refractivity contribution is 6.02. The molecule has 0 saturated heterocycles. The Bertz CT molecular complexity index is 1310. The minimum atomic E-state index is -0.0737. The van der Waals surface area contributed by atoms with Gasteiger partial charge in [-0.25, -0.2) is 14.5 Å². The van der Waals surface area contributed by atoms with Gasteiger partial charge in [-0.3, -0.25) is 4.79 Å². The zero-order valence-electron chi connectivity index (χ0n) is 18.8. The Kier molecular flexibility index (Phi) is 5.10. The Hall–Kier alpha value is -3.26. The molecule has 8 heteroatoms. The molecule has 0 atom stereocenters. The van der Waals surface area contributed by atoms with Crippen LogP contribution in [0.4, 0.5) is 0 Å². The van der Waals surface area contributed by atoms with Crippen LogP contribution in [0.25, 0.3) is 27.7 Å². The van der Waals surface area contributed by atoms with Crippen molar-refractivity contribution in [2.75, 3.05) is 7.11 Å². The smallest absolute Gasteiger partial charge is 0.255 e. The molecule has 2 fully saturated rings. The third-order valence-electron chi connectivity index (χ3n) is 7.34. The molecule has 2 N–H and O–H groups in total. The van der Waals surface area contributed by atoms with Crippen LogP contribution < -0.4 is 5.32 Å². The number of rotatable bonds is 5. The SMILES string of the molecule is CO[C@H]1CC[C@H](NC(=O)c2cnn3ccc(-c4c[nH]c5nc(C6CCC6)ncc45)cc23)CC1. The van der Waals surface area contributed by atoms with Crippen molar-refractivity contribution in [3.63, 3.8) is 0 Å². The molecule has 6 rings (SSSR count). The van der Waals surface area contributed by atoms with Gasteiger partial charge in [-0.15, -0.1) is 0 Å². The monoisotopic (exact) mass is 444 g/mol. The molecule has 0 bridgehead atoms. The standard InChI is InChI=1S/C25H28N6O2/c1-33-18-7-5-17(6-8-18)29-25(32)21-14-28-31-10-9-16(11-22(21)31)19-12-27-24-20(19)13-26-23(30-24)15-3-2-4-15/h9-15,17-18H,2-8H2,1H3,(H,29,32)(H,26,27,30)/t17-,18-. The number of amides is 1. The second kappa shape index (κ2) is 8.26. The molecule has 4 aromatic rings. The molecule has 0 aromatic carbocycles. The maximum Gasteiger partial charge on any atom is 0.255 e. The topological polar surface area (TPSA) is 97.2 Å². The summed E-state index contributed by atoms with van der Waals surface area (Å²) in [6.07, 6.45) is 15.2. The van der Waals surface area contributed by atoms with E-state index < -0.39 is 0 Å². The average Bonchev–Trinajstić information content (AvgIpc) is 3.42. The zero-order chi connectivity index (χ0) is 22.4. The minimum Gasteiger partial charge on any atom is -0.381 e. The molecule has 2 aliphatic carbocycles. The third kappa shape index (κ3) is 3.68. The third-order valence-corrected chi connectivity index (χ3v) is 7.34. The van der Waals surface area contributed by atoms with Crippen molar-refractivity contribution in [1.82, 2.24) is 29.9 Å². The van der Waals surface area contributed by atoms with E-state index in [9.17, 15) is 4.79 Å². The van der Waals surface area contributed by atoms with Crippen LogP contribution in [0.5, 0.6) is 0 Å². The van der Waals surface area contributed by atoms with Crippen molar-refractivity contribution in [2.24, 2.45) is 0 Å². The molecule has 33 heavy (non-hydrogen) atoms. The average molecular weight is 445 g/mol. The lowest BCUT2D eigenvalue weighted by atomic mass is 9.85. The summed E-state index contributed by atoms with van der Waals surface area (Å²) >= 11 is 0. The molecule has 0 aliphatic heterocycles. The summed E-state index contributed by atoms with van der Waals surface area (Å²) in [6.45, 7) is 0. The van der Waals surface area contributed by atoms with E-state index in [1.165, 1.54) is 19.3 Å². The lowest BCUT2D eigenvalue weighted by Crippen LogP contribution is -2.38. The molecule has 170 valence electrons. The number of methoxy groups -OCH3 is 1. The second-order valence-electron chi connectivity index (χ2n) is 9.31. The zero-order valence-corrected chi connectivity index (χ0v) is 18.8. The number of nitrogens with zero attached hydrogens (tertiary/aromatic N) is 4. The molecule has 2 saturated carbocycles. The highest BCUT2D eigenvalue weighted by atomic mass is 16.5. The fourth-order valence-corrected chi connectivity index (χ4v) is 5.05. The molecule has 0 spiro atoms. The Labute approximate surface area is 191 Å². The molecular formula is C25H28N6O2. The fourth-order valence-electron chi connectivity index (χ4n) is 5.05.